The average molecular weight is 186 g/mol. The van der Waals surface area contributed by atoms with E-state index in [4.69, 9.17) is 11.7 Å². The summed E-state index contributed by atoms with van der Waals surface area (Å²) in [6.07, 6.45) is 1.76. The van der Waals surface area contributed by atoms with Crippen molar-refractivity contribution < 1.29 is 0 Å². The van der Waals surface area contributed by atoms with Gasteiger partial charge in [-0.15, -0.1) is 16.8 Å². The van der Waals surface area contributed by atoms with Crippen LogP contribution in [0.4, 0.5) is 5.95 Å². The Morgan fingerprint density at radius 3 is 2.92 bits per heavy atom. The van der Waals surface area contributed by atoms with Crippen LogP contribution in [0.2, 0.25) is 0 Å². The Morgan fingerprint density at radius 1 is 1.67 bits per heavy atom. The highest BCUT2D eigenvalue weighted by molar-refractivity contribution is 7.99. The van der Waals surface area contributed by atoms with E-state index in [0.717, 1.165) is 5.75 Å². The molecule has 1 aromatic heterocycles. The highest BCUT2D eigenvalue weighted by Gasteiger charge is 2.06. The molecule has 0 saturated heterocycles. The molecule has 0 unspecified atom stereocenters. The lowest BCUT2D eigenvalue weighted by molar-refractivity contribution is 0.848. The lowest BCUT2D eigenvalue weighted by Crippen LogP contribution is -2.18. The lowest BCUT2D eigenvalue weighted by Gasteiger charge is -1.99. The molecule has 0 aliphatic heterocycles. The summed E-state index contributed by atoms with van der Waals surface area (Å²) in [6.45, 7) is 3.57. The van der Waals surface area contributed by atoms with E-state index in [1.54, 1.807) is 6.08 Å². The normalized spacial score (nSPS) is 9.75. The minimum atomic E-state index is 0.335. The van der Waals surface area contributed by atoms with Gasteiger partial charge in [-0.25, -0.2) is 10.5 Å². The summed E-state index contributed by atoms with van der Waals surface area (Å²) in [4.78, 5) is 0. The second kappa shape index (κ2) is 3.98. The zero-order valence-corrected chi connectivity index (χ0v) is 7.21. The number of aromatic nitrogens is 3. The minimum Gasteiger partial charge on any atom is -0.334 e. The molecule has 1 aromatic rings. The van der Waals surface area contributed by atoms with Gasteiger partial charge in [-0.2, -0.15) is 0 Å². The number of hydrogen-bond acceptors (Lipinski definition) is 6. The lowest BCUT2D eigenvalue weighted by atomic mass is 10.8. The molecule has 0 saturated carbocycles. The van der Waals surface area contributed by atoms with E-state index in [-0.39, 0.29) is 0 Å². The van der Waals surface area contributed by atoms with E-state index in [0.29, 0.717) is 11.1 Å². The standard InChI is InChI=1S/C5H10N6S/c1-2-3-12-5-10-9-4(8-6)11(5)7/h2H,1,3,6-7H2,(H,8,9). The van der Waals surface area contributed by atoms with Crippen LogP contribution in [-0.2, 0) is 0 Å². The van der Waals surface area contributed by atoms with Gasteiger partial charge in [0.2, 0.25) is 5.16 Å². The number of hydrazine groups is 1. The Labute approximate surface area is 74.0 Å². The van der Waals surface area contributed by atoms with E-state index >= 15 is 0 Å². The van der Waals surface area contributed by atoms with Crippen LogP contribution in [0.3, 0.4) is 0 Å². The summed E-state index contributed by atoms with van der Waals surface area (Å²) in [5.41, 5.74) is 2.32. The fraction of sp³-hybridized carbons (Fsp3) is 0.200. The monoisotopic (exact) mass is 186 g/mol. The van der Waals surface area contributed by atoms with Gasteiger partial charge in [0.25, 0.3) is 5.95 Å². The first-order valence-corrected chi connectivity index (χ1v) is 4.19. The van der Waals surface area contributed by atoms with Crippen molar-refractivity contribution in [3.63, 3.8) is 0 Å². The zero-order chi connectivity index (χ0) is 8.97. The largest absolute Gasteiger partial charge is 0.334 e. The van der Waals surface area contributed by atoms with E-state index < -0.39 is 0 Å². The van der Waals surface area contributed by atoms with Crippen LogP contribution in [0.15, 0.2) is 17.8 Å². The van der Waals surface area contributed by atoms with Gasteiger partial charge < -0.3 is 5.84 Å². The van der Waals surface area contributed by atoms with Crippen molar-refractivity contribution in [2.75, 3.05) is 17.0 Å². The maximum absolute atomic E-state index is 5.55. The molecular weight excluding hydrogens is 176 g/mol. The predicted octanol–water partition coefficient (Wildman–Crippen LogP) is -0.444. The van der Waals surface area contributed by atoms with Crippen molar-refractivity contribution in [3.8, 4) is 0 Å². The van der Waals surface area contributed by atoms with Crippen LogP contribution in [-0.4, -0.2) is 20.6 Å². The molecule has 0 fully saturated rings. The van der Waals surface area contributed by atoms with Crippen molar-refractivity contribution in [3.05, 3.63) is 12.7 Å². The van der Waals surface area contributed by atoms with Crippen molar-refractivity contribution >= 4 is 17.7 Å². The van der Waals surface area contributed by atoms with Crippen molar-refractivity contribution in [2.24, 2.45) is 5.84 Å². The van der Waals surface area contributed by atoms with E-state index in [1.807, 2.05) is 0 Å². The first-order chi connectivity index (χ1) is 5.79. The Balaban J connectivity index is 2.72. The Hall–Kier alpha value is -1.21. The number of thioether (sulfide) groups is 1. The molecule has 0 aliphatic carbocycles. The van der Waals surface area contributed by atoms with Gasteiger partial charge >= 0.3 is 0 Å². The Morgan fingerprint density at radius 2 is 2.42 bits per heavy atom. The van der Waals surface area contributed by atoms with Crippen molar-refractivity contribution in [1.82, 2.24) is 14.9 Å². The number of nitrogens with two attached hydrogens (primary N) is 2. The van der Waals surface area contributed by atoms with Gasteiger partial charge in [0.05, 0.1) is 0 Å². The van der Waals surface area contributed by atoms with Crippen LogP contribution >= 0.6 is 11.8 Å². The van der Waals surface area contributed by atoms with Crippen LogP contribution in [0, 0.1) is 0 Å². The highest BCUT2D eigenvalue weighted by atomic mass is 32.2. The molecular formula is C5H10N6S. The Bertz CT molecular complexity index is 269. The van der Waals surface area contributed by atoms with E-state index in [1.165, 1.54) is 16.4 Å². The number of nitrogens with one attached hydrogen (secondary N) is 1. The summed E-state index contributed by atoms with van der Waals surface area (Å²) < 4.78 is 1.29. The zero-order valence-electron chi connectivity index (χ0n) is 6.40. The number of nitrogens with zero attached hydrogens (tertiary/aromatic N) is 3. The number of nitrogen functional groups attached to an aromatic ring is 2. The third kappa shape index (κ3) is 1.69. The molecule has 0 aliphatic rings. The SMILES string of the molecule is C=CCSc1nnc(NN)n1N. The third-order valence-corrected chi connectivity index (χ3v) is 2.06. The summed E-state index contributed by atoms with van der Waals surface area (Å²) in [5, 5.41) is 8.07. The molecule has 1 heterocycles. The summed E-state index contributed by atoms with van der Waals surface area (Å²) >= 11 is 1.43. The second-order valence-electron chi connectivity index (χ2n) is 1.92. The molecule has 0 aromatic carbocycles. The Kier molecular flexibility index (Phi) is 2.94. The van der Waals surface area contributed by atoms with Gasteiger partial charge in [-0.3, -0.25) is 5.43 Å². The van der Waals surface area contributed by atoms with Gasteiger partial charge in [0.1, 0.15) is 0 Å². The molecule has 6 nitrogen and oxygen atoms in total. The molecule has 0 amide bonds. The first-order valence-electron chi connectivity index (χ1n) is 3.20. The highest BCUT2D eigenvalue weighted by Crippen LogP contribution is 2.15. The molecule has 0 bridgehead atoms. The molecule has 1 rings (SSSR count). The predicted molar refractivity (Wildman–Crippen MR) is 48.9 cm³/mol. The van der Waals surface area contributed by atoms with Crippen molar-refractivity contribution in [2.45, 2.75) is 5.16 Å². The van der Waals surface area contributed by atoms with E-state index in [9.17, 15) is 0 Å². The quantitative estimate of drug-likeness (QED) is 0.255. The average Bonchev–Trinajstić information content (AvgIpc) is 2.43. The fourth-order valence-electron chi connectivity index (χ4n) is 0.607. The van der Waals surface area contributed by atoms with Crippen molar-refractivity contribution in [1.29, 1.82) is 0 Å². The molecule has 7 heteroatoms. The summed E-state index contributed by atoms with van der Waals surface area (Å²) in [5.74, 6) is 11.7. The second-order valence-corrected chi connectivity index (χ2v) is 2.91. The minimum absolute atomic E-state index is 0.335. The summed E-state index contributed by atoms with van der Waals surface area (Å²) in [6, 6.07) is 0. The van der Waals surface area contributed by atoms with Gasteiger partial charge in [-0.05, 0) is 0 Å². The third-order valence-electron chi connectivity index (χ3n) is 1.12. The number of rotatable bonds is 4. The van der Waals surface area contributed by atoms with E-state index in [2.05, 4.69) is 22.2 Å². The molecule has 0 spiro atoms. The molecule has 5 N–H and O–H groups in total. The molecule has 0 atom stereocenters. The fourth-order valence-corrected chi connectivity index (χ4v) is 1.20. The topological polar surface area (TPSA) is 94.8 Å². The van der Waals surface area contributed by atoms with Crippen LogP contribution < -0.4 is 17.1 Å². The van der Waals surface area contributed by atoms with Gasteiger partial charge in [0.15, 0.2) is 0 Å². The first kappa shape index (κ1) is 8.88. The van der Waals surface area contributed by atoms with Crippen LogP contribution in [0.5, 0.6) is 0 Å². The van der Waals surface area contributed by atoms with Gasteiger partial charge in [-0.1, -0.05) is 17.8 Å². The maximum Gasteiger partial charge on any atom is 0.258 e. The maximum atomic E-state index is 5.55. The smallest absolute Gasteiger partial charge is 0.258 e. The molecule has 12 heavy (non-hydrogen) atoms. The van der Waals surface area contributed by atoms with Gasteiger partial charge in [0, 0.05) is 5.75 Å². The molecule has 66 valence electrons. The number of anilines is 1. The summed E-state index contributed by atoms with van der Waals surface area (Å²) in [7, 11) is 0. The number of hydrogen-bond donors (Lipinski definition) is 3. The molecule has 0 radical (unpaired) electrons. The van der Waals surface area contributed by atoms with Crippen LogP contribution in [0.1, 0.15) is 0 Å². The van der Waals surface area contributed by atoms with Crippen LogP contribution in [0.25, 0.3) is 0 Å².